The van der Waals surface area contributed by atoms with Gasteiger partial charge < -0.3 is 20.5 Å². The summed E-state index contributed by atoms with van der Waals surface area (Å²) in [4.78, 5) is 12.5. The SMILES string of the molecule is CCCCCOc1ccc(C(C)NC(=O)C2CCCC(N)C2)cc1OC.Cl. The molecule has 0 aromatic heterocycles. The molecule has 1 fully saturated rings. The highest BCUT2D eigenvalue weighted by Gasteiger charge is 2.26. The Morgan fingerprint density at radius 3 is 2.74 bits per heavy atom. The maximum absolute atomic E-state index is 12.5. The Kier molecular flexibility index (Phi) is 10.6. The monoisotopic (exact) mass is 398 g/mol. The van der Waals surface area contributed by atoms with E-state index in [4.69, 9.17) is 15.2 Å². The molecule has 3 unspecified atom stereocenters. The summed E-state index contributed by atoms with van der Waals surface area (Å²) in [6.45, 7) is 4.86. The van der Waals surface area contributed by atoms with Crippen LogP contribution in [0.4, 0.5) is 0 Å². The summed E-state index contributed by atoms with van der Waals surface area (Å²) in [5.41, 5.74) is 7.02. The van der Waals surface area contributed by atoms with Crippen molar-refractivity contribution < 1.29 is 14.3 Å². The molecule has 0 radical (unpaired) electrons. The van der Waals surface area contributed by atoms with Crippen molar-refractivity contribution in [1.82, 2.24) is 5.32 Å². The molecule has 0 aliphatic heterocycles. The second-order valence-electron chi connectivity index (χ2n) is 7.32. The van der Waals surface area contributed by atoms with E-state index in [1.165, 1.54) is 6.42 Å². The molecule has 0 saturated heterocycles. The summed E-state index contributed by atoms with van der Waals surface area (Å²) in [5, 5.41) is 3.13. The molecule has 1 saturated carbocycles. The molecule has 1 aliphatic carbocycles. The number of rotatable bonds is 9. The van der Waals surface area contributed by atoms with Gasteiger partial charge in [0, 0.05) is 12.0 Å². The van der Waals surface area contributed by atoms with E-state index in [2.05, 4.69) is 12.2 Å². The Morgan fingerprint density at radius 1 is 1.30 bits per heavy atom. The predicted molar refractivity (Wildman–Crippen MR) is 112 cm³/mol. The average molecular weight is 399 g/mol. The highest BCUT2D eigenvalue weighted by molar-refractivity contribution is 5.85. The molecule has 27 heavy (non-hydrogen) atoms. The van der Waals surface area contributed by atoms with Crippen molar-refractivity contribution >= 4 is 18.3 Å². The third-order valence-electron chi connectivity index (χ3n) is 5.14. The van der Waals surface area contributed by atoms with E-state index in [0.717, 1.165) is 49.8 Å². The number of carbonyl (C=O) groups is 1. The van der Waals surface area contributed by atoms with Gasteiger partial charge in [-0.25, -0.2) is 0 Å². The topological polar surface area (TPSA) is 73.6 Å². The summed E-state index contributed by atoms with van der Waals surface area (Å²) in [5.74, 6) is 1.60. The maximum Gasteiger partial charge on any atom is 0.223 e. The molecule has 3 atom stereocenters. The quantitative estimate of drug-likeness (QED) is 0.605. The third-order valence-corrected chi connectivity index (χ3v) is 5.14. The summed E-state index contributed by atoms with van der Waals surface area (Å²) in [6.07, 6.45) is 7.14. The second kappa shape index (κ2) is 12.1. The van der Waals surface area contributed by atoms with E-state index in [0.29, 0.717) is 12.4 Å². The molecule has 0 spiro atoms. The van der Waals surface area contributed by atoms with Gasteiger partial charge in [0.2, 0.25) is 5.91 Å². The van der Waals surface area contributed by atoms with Crippen molar-refractivity contribution in [3.8, 4) is 11.5 Å². The van der Waals surface area contributed by atoms with Crippen LogP contribution in [0.1, 0.15) is 70.4 Å². The van der Waals surface area contributed by atoms with Gasteiger partial charge in [0.15, 0.2) is 11.5 Å². The zero-order valence-electron chi connectivity index (χ0n) is 16.8. The number of unbranched alkanes of at least 4 members (excludes halogenated alkanes) is 2. The van der Waals surface area contributed by atoms with Crippen LogP contribution in [-0.4, -0.2) is 25.7 Å². The Morgan fingerprint density at radius 2 is 2.07 bits per heavy atom. The lowest BCUT2D eigenvalue weighted by molar-refractivity contribution is -0.126. The molecule has 154 valence electrons. The van der Waals surface area contributed by atoms with Crippen LogP contribution in [0.15, 0.2) is 18.2 Å². The predicted octanol–water partition coefficient (Wildman–Crippen LogP) is 4.38. The molecule has 0 heterocycles. The lowest BCUT2D eigenvalue weighted by Crippen LogP contribution is -2.38. The zero-order valence-corrected chi connectivity index (χ0v) is 17.6. The first-order valence-electron chi connectivity index (χ1n) is 9.91. The Bertz CT molecular complexity index is 583. The molecular weight excluding hydrogens is 364 g/mol. The lowest BCUT2D eigenvalue weighted by atomic mass is 9.85. The molecule has 1 amide bonds. The highest BCUT2D eigenvalue weighted by atomic mass is 35.5. The number of carbonyl (C=O) groups excluding carboxylic acids is 1. The summed E-state index contributed by atoms with van der Waals surface area (Å²) >= 11 is 0. The van der Waals surface area contributed by atoms with Crippen LogP contribution in [0.2, 0.25) is 0 Å². The van der Waals surface area contributed by atoms with Crippen molar-refractivity contribution in [2.45, 2.75) is 70.9 Å². The first-order valence-corrected chi connectivity index (χ1v) is 9.91. The number of hydrogen-bond donors (Lipinski definition) is 2. The molecule has 2 rings (SSSR count). The van der Waals surface area contributed by atoms with Gasteiger partial charge in [-0.2, -0.15) is 0 Å². The fourth-order valence-electron chi connectivity index (χ4n) is 3.49. The number of methoxy groups -OCH3 is 1. The first-order chi connectivity index (χ1) is 12.5. The number of amides is 1. The van der Waals surface area contributed by atoms with Gasteiger partial charge in [-0.05, 0) is 50.3 Å². The molecule has 1 aromatic carbocycles. The first kappa shape index (κ1) is 23.6. The van der Waals surface area contributed by atoms with Gasteiger partial charge in [-0.3, -0.25) is 4.79 Å². The maximum atomic E-state index is 12.5. The Hall–Kier alpha value is -1.46. The minimum Gasteiger partial charge on any atom is -0.493 e. The molecule has 5 nitrogen and oxygen atoms in total. The molecular formula is C21H35ClN2O3. The van der Waals surface area contributed by atoms with Gasteiger partial charge in [-0.1, -0.05) is 32.3 Å². The molecule has 1 aliphatic rings. The van der Waals surface area contributed by atoms with Crippen molar-refractivity contribution in [3.63, 3.8) is 0 Å². The van der Waals surface area contributed by atoms with Crippen LogP contribution >= 0.6 is 12.4 Å². The van der Waals surface area contributed by atoms with E-state index in [9.17, 15) is 4.79 Å². The molecule has 3 N–H and O–H groups in total. The number of nitrogens with two attached hydrogens (primary N) is 1. The van der Waals surface area contributed by atoms with Gasteiger partial charge in [0.1, 0.15) is 0 Å². The van der Waals surface area contributed by atoms with Crippen LogP contribution in [0.5, 0.6) is 11.5 Å². The van der Waals surface area contributed by atoms with Gasteiger partial charge >= 0.3 is 0 Å². The smallest absolute Gasteiger partial charge is 0.223 e. The standard InChI is InChI=1S/C21H34N2O3.ClH/c1-4-5-6-12-26-19-11-10-16(14-20(19)25-3)15(2)23-21(24)17-8-7-9-18(22)13-17;/h10-11,14-15,17-18H,4-9,12-13,22H2,1-3H3,(H,23,24);1H. The lowest BCUT2D eigenvalue weighted by Gasteiger charge is -2.27. The van der Waals surface area contributed by atoms with E-state index < -0.39 is 0 Å². The zero-order chi connectivity index (χ0) is 18.9. The minimum absolute atomic E-state index is 0. The third kappa shape index (κ3) is 7.23. The minimum atomic E-state index is -0.0799. The van der Waals surface area contributed by atoms with Crippen LogP contribution in [0.25, 0.3) is 0 Å². The summed E-state index contributed by atoms with van der Waals surface area (Å²) < 4.78 is 11.3. The average Bonchev–Trinajstić information content (AvgIpc) is 2.65. The summed E-state index contributed by atoms with van der Waals surface area (Å²) in [6, 6.07) is 5.95. The molecule has 1 aromatic rings. The van der Waals surface area contributed by atoms with Crippen LogP contribution < -0.4 is 20.5 Å². The highest BCUT2D eigenvalue weighted by Crippen LogP contribution is 2.31. The van der Waals surface area contributed by atoms with Crippen molar-refractivity contribution in [1.29, 1.82) is 0 Å². The van der Waals surface area contributed by atoms with Crippen molar-refractivity contribution in [3.05, 3.63) is 23.8 Å². The van der Waals surface area contributed by atoms with Gasteiger partial charge in [-0.15, -0.1) is 12.4 Å². The fraction of sp³-hybridized carbons (Fsp3) is 0.667. The van der Waals surface area contributed by atoms with Gasteiger partial charge in [0.25, 0.3) is 0 Å². The Balaban J connectivity index is 0.00000364. The normalized spacial score (nSPS) is 20.3. The number of benzene rings is 1. The number of halogens is 1. The number of hydrogen-bond acceptors (Lipinski definition) is 4. The van der Waals surface area contributed by atoms with E-state index in [-0.39, 0.29) is 36.3 Å². The summed E-state index contributed by atoms with van der Waals surface area (Å²) in [7, 11) is 1.64. The van der Waals surface area contributed by atoms with Crippen LogP contribution in [0.3, 0.4) is 0 Å². The molecule has 0 bridgehead atoms. The number of nitrogens with one attached hydrogen (secondary N) is 1. The molecule has 6 heteroatoms. The van der Waals surface area contributed by atoms with E-state index >= 15 is 0 Å². The van der Waals surface area contributed by atoms with Gasteiger partial charge in [0.05, 0.1) is 19.8 Å². The Labute approximate surface area is 169 Å². The number of ether oxygens (including phenoxy) is 2. The van der Waals surface area contributed by atoms with Crippen molar-refractivity contribution in [2.75, 3.05) is 13.7 Å². The van der Waals surface area contributed by atoms with Crippen LogP contribution in [-0.2, 0) is 4.79 Å². The largest absolute Gasteiger partial charge is 0.493 e. The van der Waals surface area contributed by atoms with E-state index in [1.54, 1.807) is 7.11 Å². The van der Waals surface area contributed by atoms with Crippen molar-refractivity contribution in [2.24, 2.45) is 11.7 Å². The van der Waals surface area contributed by atoms with Crippen LogP contribution in [0, 0.1) is 5.92 Å². The fourth-order valence-corrected chi connectivity index (χ4v) is 3.49. The second-order valence-corrected chi connectivity index (χ2v) is 7.32. The van der Waals surface area contributed by atoms with E-state index in [1.807, 2.05) is 25.1 Å².